The largest absolute Gasteiger partial charge is 0.443 e. The summed E-state index contributed by atoms with van der Waals surface area (Å²) in [6.07, 6.45) is 1.76. The van der Waals surface area contributed by atoms with E-state index in [1.807, 2.05) is 12.1 Å². The van der Waals surface area contributed by atoms with E-state index in [9.17, 15) is 9.59 Å². The Bertz CT molecular complexity index is 943. The van der Waals surface area contributed by atoms with Crippen LogP contribution in [0.25, 0.3) is 0 Å². The predicted molar refractivity (Wildman–Crippen MR) is 118 cm³/mol. The second kappa shape index (κ2) is 9.63. The summed E-state index contributed by atoms with van der Waals surface area (Å²) in [5.41, 5.74) is 1.49. The van der Waals surface area contributed by atoms with Gasteiger partial charge >= 0.3 is 0 Å². The summed E-state index contributed by atoms with van der Waals surface area (Å²) in [6, 6.07) is 7.34. The number of carbonyl (C=O) groups is 2. The van der Waals surface area contributed by atoms with Crippen molar-refractivity contribution in [2.45, 2.75) is 39.3 Å². The number of aliphatic imine (C=N–C) groups is 1. The van der Waals surface area contributed by atoms with Crippen molar-refractivity contribution in [1.82, 2.24) is 25.8 Å². The maximum absolute atomic E-state index is 12.5. The second-order valence-corrected chi connectivity index (χ2v) is 8.42. The zero-order valence-corrected chi connectivity index (χ0v) is 18.5. The molecule has 3 N–H and O–H groups in total. The first-order chi connectivity index (χ1) is 14.8. The number of nitrogens with zero attached hydrogens (tertiary/aromatic N) is 3. The first kappa shape index (κ1) is 22.3. The molecule has 1 fully saturated rings. The van der Waals surface area contributed by atoms with Crippen LogP contribution >= 0.6 is 0 Å². The Balaban J connectivity index is 1.50. The van der Waals surface area contributed by atoms with Gasteiger partial charge in [0, 0.05) is 37.7 Å². The molecule has 0 atom stereocenters. The quantitative estimate of drug-likeness (QED) is 0.492. The lowest BCUT2D eigenvalue weighted by Gasteiger charge is -2.26. The van der Waals surface area contributed by atoms with Crippen LogP contribution in [0.1, 0.15) is 48.3 Å². The summed E-state index contributed by atoms with van der Waals surface area (Å²) in [4.78, 5) is 34.1. The Morgan fingerprint density at radius 2 is 1.94 bits per heavy atom. The molecule has 0 unspecified atom stereocenters. The van der Waals surface area contributed by atoms with Gasteiger partial charge in [0.1, 0.15) is 5.76 Å². The molecular weight excluding hydrogens is 396 g/mol. The highest BCUT2D eigenvalue weighted by molar-refractivity contribution is 5.97. The topological polar surface area (TPSA) is 112 Å². The van der Waals surface area contributed by atoms with E-state index >= 15 is 0 Å². The van der Waals surface area contributed by atoms with E-state index in [2.05, 4.69) is 46.7 Å². The number of oxazole rings is 1. The van der Waals surface area contributed by atoms with E-state index in [0.29, 0.717) is 43.6 Å². The summed E-state index contributed by atoms with van der Waals surface area (Å²) in [6.45, 7) is 8.31. The number of rotatable bonds is 5. The molecule has 0 radical (unpaired) electrons. The number of hydrogen-bond donors (Lipinski definition) is 3. The van der Waals surface area contributed by atoms with Crippen LogP contribution in [-0.2, 0) is 23.3 Å². The second-order valence-electron chi connectivity index (χ2n) is 8.42. The van der Waals surface area contributed by atoms with Gasteiger partial charge in [0.25, 0.3) is 5.91 Å². The van der Waals surface area contributed by atoms with Gasteiger partial charge in [-0.25, -0.2) is 4.98 Å². The number of nitrogens with one attached hydrogen (secondary N) is 3. The van der Waals surface area contributed by atoms with Gasteiger partial charge in [-0.1, -0.05) is 32.9 Å². The van der Waals surface area contributed by atoms with E-state index in [-0.39, 0.29) is 23.8 Å². The van der Waals surface area contributed by atoms with Crippen LogP contribution in [0.15, 0.2) is 39.9 Å². The number of aromatic nitrogens is 1. The van der Waals surface area contributed by atoms with Gasteiger partial charge in [-0.05, 0) is 17.7 Å². The first-order valence-corrected chi connectivity index (χ1v) is 10.3. The van der Waals surface area contributed by atoms with Crippen LogP contribution in [0.3, 0.4) is 0 Å². The average Bonchev–Trinajstić information content (AvgIpc) is 3.23. The molecule has 166 valence electrons. The van der Waals surface area contributed by atoms with Crippen molar-refractivity contribution >= 4 is 17.8 Å². The monoisotopic (exact) mass is 426 g/mol. The third-order valence-electron chi connectivity index (χ3n) is 4.91. The number of amides is 2. The Hall–Kier alpha value is -3.36. The third kappa shape index (κ3) is 6.07. The van der Waals surface area contributed by atoms with Gasteiger partial charge in [-0.15, -0.1) is 0 Å². The van der Waals surface area contributed by atoms with Crippen LogP contribution in [0.4, 0.5) is 0 Å². The highest BCUT2D eigenvalue weighted by Crippen LogP contribution is 2.22. The molecule has 9 heteroatoms. The molecule has 2 amide bonds. The molecule has 1 saturated heterocycles. The molecule has 9 nitrogen and oxygen atoms in total. The van der Waals surface area contributed by atoms with Crippen molar-refractivity contribution in [1.29, 1.82) is 0 Å². The summed E-state index contributed by atoms with van der Waals surface area (Å²) < 4.78 is 5.78. The van der Waals surface area contributed by atoms with Crippen LogP contribution in [-0.4, -0.2) is 54.3 Å². The summed E-state index contributed by atoms with van der Waals surface area (Å²) in [5.74, 6) is 1.80. The van der Waals surface area contributed by atoms with E-state index in [0.717, 1.165) is 11.3 Å². The van der Waals surface area contributed by atoms with Crippen LogP contribution in [0, 0.1) is 0 Å². The van der Waals surface area contributed by atoms with Gasteiger partial charge in [-0.3, -0.25) is 14.6 Å². The number of hydrogen-bond acceptors (Lipinski definition) is 5. The Kier molecular flexibility index (Phi) is 6.94. The smallest absolute Gasteiger partial charge is 0.254 e. The Labute approximate surface area is 182 Å². The number of guanidine groups is 1. The van der Waals surface area contributed by atoms with Gasteiger partial charge in [0.2, 0.25) is 11.8 Å². The van der Waals surface area contributed by atoms with Gasteiger partial charge < -0.3 is 25.3 Å². The summed E-state index contributed by atoms with van der Waals surface area (Å²) in [5, 5.41) is 9.13. The number of carbonyl (C=O) groups excluding carboxylic acids is 2. The molecule has 1 aromatic heterocycles. The SMILES string of the molecule is CN=C(NCc1ccc(C(=O)N2CCNC(=O)C2)cc1)NCc1ncc(C(C)(C)C)o1. The number of piperazine rings is 1. The highest BCUT2D eigenvalue weighted by Gasteiger charge is 2.22. The van der Waals surface area contributed by atoms with Gasteiger partial charge in [0.05, 0.1) is 19.3 Å². The van der Waals surface area contributed by atoms with Crippen molar-refractivity contribution in [3.05, 3.63) is 53.2 Å². The Morgan fingerprint density at radius 1 is 1.23 bits per heavy atom. The van der Waals surface area contributed by atoms with E-state index in [4.69, 9.17) is 4.42 Å². The van der Waals surface area contributed by atoms with E-state index in [1.165, 1.54) is 0 Å². The van der Waals surface area contributed by atoms with E-state index in [1.54, 1.807) is 30.3 Å². The molecule has 3 rings (SSSR count). The van der Waals surface area contributed by atoms with Crippen LogP contribution in [0.2, 0.25) is 0 Å². The molecule has 1 aromatic carbocycles. The molecule has 31 heavy (non-hydrogen) atoms. The van der Waals surface area contributed by atoms with Crippen molar-refractivity contribution in [2.24, 2.45) is 4.99 Å². The molecule has 2 aromatic rings. The molecule has 0 aliphatic carbocycles. The zero-order chi connectivity index (χ0) is 22.4. The fourth-order valence-electron chi connectivity index (χ4n) is 3.06. The van der Waals surface area contributed by atoms with Gasteiger partial charge in [-0.2, -0.15) is 0 Å². The molecule has 2 heterocycles. The minimum absolute atomic E-state index is 0.0842. The number of benzene rings is 1. The van der Waals surface area contributed by atoms with Crippen LogP contribution in [0.5, 0.6) is 0 Å². The van der Waals surface area contributed by atoms with Crippen molar-refractivity contribution < 1.29 is 14.0 Å². The molecule has 0 bridgehead atoms. The van der Waals surface area contributed by atoms with E-state index < -0.39 is 0 Å². The van der Waals surface area contributed by atoms with Crippen molar-refractivity contribution in [2.75, 3.05) is 26.7 Å². The molecule has 0 saturated carbocycles. The summed E-state index contributed by atoms with van der Waals surface area (Å²) in [7, 11) is 1.70. The maximum Gasteiger partial charge on any atom is 0.254 e. The standard InChI is InChI=1S/C22H30N6O3/c1-22(2,3)17-12-25-19(31-17)13-27-21(23-4)26-11-15-5-7-16(8-6-15)20(30)28-10-9-24-18(29)14-28/h5-8,12H,9-11,13-14H2,1-4H3,(H,24,29)(H2,23,26,27). The molecule has 1 aliphatic heterocycles. The molecule has 1 aliphatic rings. The Morgan fingerprint density at radius 3 is 2.55 bits per heavy atom. The minimum atomic E-state index is -0.132. The van der Waals surface area contributed by atoms with Crippen LogP contribution < -0.4 is 16.0 Å². The molecular formula is C22H30N6O3. The fourth-order valence-corrected chi connectivity index (χ4v) is 3.06. The normalized spacial score (nSPS) is 14.9. The lowest BCUT2D eigenvalue weighted by Crippen LogP contribution is -2.49. The zero-order valence-electron chi connectivity index (χ0n) is 18.5. The predicted octanol–water partition coefficient (Wildman–Crippen LogP) is 1.41. The summed E-state index contributed by atoms with van der Waals surface area (Å²) >= 11 is 0. The fraction of sp³-hybridized carbons (Fsp3) is 0.455. The average molecular weight is 427 g/mol. The molecule has 0 spiro atoms. The third-order valence-corrected chi connectivity index (χ3v) is 4.91. The highest BCUT2D eigenvalue weighted by atomic mass is 16.4. The van der Waals surface area contributed by atoms with Gasteiger partial charge in [0.15, 0.2) is 5.96 Å². The van der Waals surface area contributed by atoms with Crippen molar-refractivity contribution in [3.8, 4) is 0 Å². The lowest BCUT2D eigenvalue weighted by molar-refractivity contribution is -0.123. The van der Waals surface area contributed by atoms with Crippen molar-refractivity contribution in [3.63, 3.8) is 0 Å². The minimum Gasteiger partial charge on any atom is -0.443 e. The lowest BCUT2D eigenvalue weighted by atomic mass is 9.94. The maximum atomic E-state index is 12.5. The first-order valence-electron chi connectivity index (χ1n) is 10.3.